The molecule has 1 aromatic heterocycles. The SMILES string of the molecule is COCCN1CCC(CNc2ncc3c(n2)CCN3c2ccccc2)C1. The Morgan fingerprint density at radius 3 is 2.96 bits per heavy atom. The first-order chi connectivity index (χ1) is 12.8. The van der Waals surface area contributed by atoms with E-state index >= 15 is 0 Å². The molecule has 138 valence electrons. The Morgan fingerprint density at radius 2 is 2.12 bits per heavy atom. The number of ether oxygens (including phenoxy) is 1. The molecular formula is C20H27N5O. The standard InChI is InChI=1S/C20H27N5O/c1-26-12-11-24-9-7-16(15-24)13-21-20-22-14-19-18(23-20)8-10-25(19)17-5-3-2-4-6-17/h2-6,14,16H,7-13,15H2,1H3,(H,21,22,23). The lowest BCUT2D eigenvalue weighted by atomic mass is 10.1. The zero-order valence-electron chi connectivity index (χ0n) is 15.4. The van der Waals surface area contributed by atoms with Crippen molar-refractivity contribution in [1.82, 2.24) is 14.9 Å². The molecule has 0 aliphatic carbocycles. The van der Waals surface area contributed by atoms with Crippen LogP contribution in [0.1, 0.15) is 12.1 Å². The molecule has 2 aromatic rings. The van der Waals surface area contributed by atoms with E-state index in [-0.39, 0.29) is 0 Å². The van der Waals surface area contributed by atoms with E-state index in [0.717, 1.165) is 63.1 Å². The van der Waals surface area contributed by atoms with Crippen molar-refractivity contribution in [2.75, 3.05) is 56.7 Å². The van der Waals surface area contributed by atoms with Gasteiger partial charge < -0.3 is 19.9 Å². The molecule has 0 bridgehead atoms. The van der Waals surface area contributed by atoms with E-state index in [1.165, 1.54) is 12.1 Å². The van der Waals surface area contributed by atoms with Gasteiger partial charge in [-0.15, -0.1) is 0 Å². The van der Waals surface area contributed by atoms with Gasteiger partial charge >= 0.3 is 0 Å². The number of likely N-dealkylation sites (tertiary alicyclic amines) is 1. The first-order valence-corrected chi connectivity index (χ1v) is 9.47. The van der Waals surface area contributed by atoms with Gasteiger partial charge in [-0.05, 0) is 31.0 Å². The summed E-state index contributed by atoms with van der Waals surface area (Å²) in [4.78, 5) is 14.1. The quantitative estimate of drug-likeness (QED) is 0.826. The molecule has 3 heterocycles. The van der Waals surface area contributed by atoms with Gasteiger partial charge in [0.15, 0.2) is 0 Å². The smallest absolute Gasteiger partial charge is 0.223 e. The zero-order chi connectivity index (χ0) is 17.8. The van der Waals surface area contributed by atoms with Gasteiger partial charge in [0.1, 0.15) is 0 Å². The number of benzene rings is 1. The van der Waals surface area contributed by atoms with Crippen LogP contribution in [0.2, 0.25) is 0 Å². The molecule has 0 amide bonds. The number of rotatable bonds is 7. The number of hydrogen-bond acceptors (Lipinski definition) is 6. The summed E-state index contributed by atoms with van der Waals surface area (Å²) in [7, 11) is 1.76. The second-order valence-corrected chi connectivity index (χ2v) is 7.09. The van der Waals surface area contributed by atoms with Crippen LogP contribution < -0.4 is 10.2 Å². The van der Waals surface area contributed by atoms with Gasteiger partial charge in [-0.2, -0.15) is 0 Å². The number of fused-ring (bicyclic) bond motifs is 1. The first-order valence-electron chi connectivity index (χ1n) is 9.47. The number of nitrogens with zero attached hydrogens (tertiary/aromatic N) is 4. The van der Waals surface area contributed by atoms with Crippen LogP contribution in [0.3, 0.4) is 0 Å². The molecule has 1 atom stereocenters. The van der Waals surface area contributed by atoms with E-state index in [9.17, 15) is 0 Å². The molecule has 2 aliphatic heterocycles. The van der Waals surface area contributed by atoms with Gasteiger partial charge in [-0.25, -0.2) is 9.97 Å². The van der Waals surface area contributed by atoms with Crippen molar-refractivity contribution in [2.24, 2.45) is 5.92 Å². The Morgan fingerprint density at radius 1 is 1.23 bits per heavy atom. The Hall–Kier alpha value is -2.18. The maximum Gasteiger partial charge on any atom is 0.223 e. The van der Waals surface area contributed by atoms with Gasteiger partial charge in [0.05, 0.1) is 24.2 Å². The molecule has 1 aromatic carbocycles. The van der Waals surface area contributed by atoms with Gasteiger partial charge in [-0.3, -0.25) is 0 Å². The number of aromatic nitrogens is 2. The van der Waals surface area contributed by atoms with Crippen molar-refractivity contribution < 1.29 is 4.74 Å². The van der Waals surface area contributed by atoms with E-state index in [1.54, 1.807) is 7.11 Å². The lowest BCUT2D eigenvalue weighted by Gasteiger charge is -2.19. The molecule has 1 fully saturated rings. The molecule has 4 rings (SSSR count). The van der Waals surface area contributed by atoms with E-state index in [1.807, 2.05) is 12.3 Å². The third-order valence-electron chi connectivity index (χ3n) is 5.31. The Kier molecular flexibility index (Phi) is 5.32. The molecule has 0 radical (unpaired) electrons. The fourth-order valence-corrected chi connectivity index (χ4v) is 3.86. The topological polar surface area (TPSA) is 53.5 Å². The molecule has 2 aliphatic rings. The lowest BCUT2D eigenvalue weighted by molar-refractivity contribution is 0.159. The Labute approximate surface area is 155 Å². The second kappa shape index (κ2) is 8.01. The van der Waals surface area contributed by atoms with Crippen LogP contribution in [0.25, 0.3) is 0 Å². The molecule has 26 heavy (non-hydrogen) atoms. The molecule has 0 saturated carbocycles. The molecule has 1 N–H and O–H groups in total. The highest BCUT2D eigenvalue weighted by Crippen LogP contribution is 2.33. The summed E-state index contributed by atoms with van der Waals surface area (Å²) in [6.07, 6.45) is 4.16. The number of hydrogen-bond donors (Lipinski definition) is 1. The van der Waals surface area contributed by atoms with Gasteiger partial charge in [-0.1, -0.05) is 18.2 Å². The van der Waals surface area contributed by atoms with E-state index in [4.69, 9.17) is 9.72 Å². The van der Waals surface area contributed by atoms with Crippen molar-refractivity contribution in [2.45, 2.75) is 12.8 Å². The predicted octanol–water partition coefficient (Wildman–Crippen LogP) is 2.55. The summed E-state index contributed by atoms with van der Waals surface area (Å²) in [6, 6.07) is 10.5. The Balaban J connectivity index is 1.34. The van der Waals surface area contributed by atoms with E-state index < -0.39 is 0 Å². The normalized spacial score (nSPS) is 19.7. The van der Waals surface area contributed by atoms with E-state index in [2.05, 4.69) is 44.4 Å². The summed E-state index contributed by atoms with van der Waals surface area (Å²) in [5, 5.41) is 3.45. The first kappa shape index (κ1) is 17.2. The minimum absolute atomic E-state index is 0.657. The van der Waals surface area contributed by atoms with Crippen LogP contribution in [0.15, 0.2) is 36.5 Å². The average molecular weight is 353 g/mol. The largest absolute Gasteiger partial charge is 0.383 e. The molecule has 0 spiro atoms. The highest BCUT2D eigenvalue weighted by Gasteiger charge is 2.24. The minimum atomic E-state index is 0.657. The van der Waals surface area contributed by atoms with Crippen molar-refractivity contribution >= 4 is 17.3 Å². The summed E-state index contributed by atoms with van der Waals surface area (Å²) >= 11 is 0. The van der Waals surface area contributed by atoms with Crippen LogP contribution in [-0.4, -0.2) is 61.3 Å². The zero-order valence-corrected chi connectivity index (χ0v) is 15.4. The minimum Gasteiger partial charge on any atom is -0.383 e. The highest BCUT2D eigenvalue weighted by molar-refractivity contribution is 5.68. The van der Waals surface area contributed by atoms with Gasteiger partial charge in [0.2, 0.25) is 5.95 Å². The summed E-state index contributed by atoms with van der Waals surface area (Å²) in [6.45, 7) is 6.03. The average Bonchev–Trinajstić information content (AvgIpc) is 3.32. The summed E-state index contributed by atoms with van der Waals surface area (Å²) < 4.78 is 5.17. The van der Waals surface area contributed by atoms with E-state index in [0.29, 0.717) is 5.92 Å². The van der Waals surface area contributed by atoms with Crippen LogP contribution >= 0.6 is 0 Å². The molecule has 1 unspecified atom stereocenters. The third kappa shape index (κ3) is 3.81. The third-order valence-corrected chi connectivity index (χ3v) is 5.31. The van der Waals surface area contributed by atoms with Crippen LogP contribution in [0, 0.1) is 5.92 Å². The Bertz CT molecular complexity index is 723. The van der Waals surface area contributed by atoms with Crippen LogP contribution in [0.5, 0.6) is 0 Å². The number of nitrogens with one attached hydrogen (secondary N) is 1. The molecule has 1 saturated heterocycles. The number of methoxy groups -OCH3 is 1. The molecular weight excluding hydrogens is 326 g/mol. The number of para-hydroxylation sites is 1. The van der Waals surface area contributed by atoms with Crippen molar-refractivity contribution in [3.05, 3.63) is 42.2 Å². The monoisotopic (exact) mass is 353 g/mol. The summed E-state index contributed by atoms with van der Waals surface area (Å²) in [5.41, 5.74) is 3.48. The summed E-state index contributed by atoms with van der Waals surface area (Å²) in [5.74, 6) is 1.42. The highest BCUT2D eigenvalue weighted by atomic mass is 16.5. The van der Waals surface area contributed by atoms with Crippen molar-refractivity contribution in [1.29, 1.82) is 0 Å². The predicted molar refractivity (Wildman–Crippen MR) is 104 cm³/mol. The molecule has 6 heteroatoms. The van der Waals surface area contributed by atoms with Gasteiger partial charge in [0, 0.05) is 45.4 Å². The van der Waals surface area contributed by atoms with Crippen LogP contribution in [0.4, 0.5) is 17.3 Å². The van der Waals surface area contributed by atoms with Crippen LogP contribution in [-0.2, 0) is 11.2 Å². The van der Waals surface area contributed by atoms with Gasteiger partial charge in [0.25, 0.3) is 0 Å². The number of anilines is 3. The fourth-order valence-electron chi connectivity index (χ4n) is 3.86. The lowest BCUT2D eigenvalue weighted by Crippen LogP contribution is -2.26. The second-order valence-electron chi connectivity index (χ2n) is 7.09. The fraction of sp³-hybridized carbons (Fsp3) is 0.500. The molecule has 6 nitrogen and oxygen atoms in total. The van der Waals surface area contributed by atoms with Crippen molar-refractivity contribution in [3.8, 4) is 0 Å². The maximum absolute atomic E-state index is 5.17. The van der Waals surface area contributed by atoms with Crippen molar-refractivity contribution in [3.63, 3.8) is 0 Å². The maximum atomic E-state index is 5.17.